The molecule has 0 radical (unpaired) electrons. The van der Waals surface area contributed by atoms with Crippen molar-refractivity contribution < 1.29 is 14.3 Å². The molecule has 0 unspecified atom stereocenters. The van der Waals surface area contributed by atoms with Crippen LogP contribution in [-0.2, 0) is 11.2 Å². The highest BCUT2D eigenvalue weighted by Crippen LogP contribution is 2.16. The highest BCUT2D eigenvalue weighted by Gasteiger charge is 2.13. The topological polar surface area (TPSA) is 67.4 Å². The maximum absolute atomic E-state index is 12.3. The molecule has 5 heteroatoms. The summed E-state index contributed by atoms with van der Waals surface area (Å²) in [6, 6.07) is 14.3. The van der Waals surface area contributed by atoms with Gasteiger partial charge in [0.2, 0.25) is 5.91 Å². The molecule has 2 rings (SSSR count). The van der Waals surface area contributed by atoms with Crippen LogP contribution in [0.15, 0.2) is 48.5 Å². The summed E-state index contributed by atoms with van der Waals surface area (Å²) in [5.74, 6) is 0.750. The van der Waals surface area contributed by atoms with Gasteiger partial charge in [0, 0.05) is 6.54 Å². The van der Waals surface area contributed by atoms with Crippen LogP contribution in [0.4, 0.5) is 5.69 Å². The van der Waals surface area contributed by atoms with E-state index in [-0.39, 0.29) is 18.2 Å². The predicted octanol–water partition coefficient (Wildman–Crippen LogP) is 3.26. The van der Waals surface area contributed by atoms with Crippen LogP contribution in [0.3, 0.4) is 0 Å². The molecule has 0 atom stereocenters. The lowest BCUT2D eigenvalue weighted by molar-refractivity contribution is -0.115. The van der Waals surface area contributed by atoms with Gasteiger partial charge >= 0.3 is 0 Å². The molecule has 5 nitrogen and oxygen atoms in total. The van der Waals surface area contributed by atoms with Crippen LogP contribution in [0.5, 0.6) is 5.75 Å². The van der Waals surface area contributed by atoms with Gasteiger partial charge in [-0.15, -0.1) is 0 Å². The highest BCUT2D eigenvalue weighted by molar-refractivity contribution is 6.04. The zero-order valence-corrected chi connectivity index (χ0v) is 14.8. The van der Waals surface area contributed by atoms with Crippen molar-refractivity contribution in [2.24, 2.45) is 5.92 Å². The Balaban J connectivity index is 2.03. The van der Waals surface area contributed by atoms with Gasteiger partial charge < -0.3 is 15.4 Å². The van der Waals surface area contributed by atoms with Crippen LogP contribution in [-0.4, -0.2) is 25.5 Å². The predicted molar refractivity (Wildman–Crippen MR) is 98.9 cm³/mol. The summed E-state index contributed by atoms with van der Waals surface area (Å²) in [5, 5.41) is 5.70. The van der Waals surface area contributed by atoms with Crippen LogP contribution >= 0.6 is 0 Å². The number of methoxy groups -OCH3 is 1. The van der Waals surface area contributed by atoms with Gasteiger partial charge in [-0.05, 0) is 35.7 Å². The number of hydrogen-bond acceptors (Lipinski definition) is 3. The molecule has 0 spiro atoms. The largest absolute Gasteiger partial charge is 0.497 e. The molecule has 2 aromatic rings. The molecular weight excluding hydrogens is 316 g/mol. The van der Waals surface area contributed by atoms with Gasteiger partial charge in [0.05, 0.1) is 24.8 Å². The molecule has 0 aliphatic carbocycles. The summed E-state index contributed by atoms with van der Waals surface area (Å²) in [6.45, 7) is 4.65. The number of amides is 2. The number of nitrogens with one attached hydrogen (secondary N) is 2. The summed E-state index contributed by atoms with van der Waals surface area (Å²) in [5.41, 5.74) is 1.86. The van der Waals surface area contributed by atoms with Crippen LogP contribution in [0, 0.1) is 5.92 Å². The van der Waals surface area contributed by atoms with E-state index in [4.69, 9.17) is 4.74 Å². The van der Waals surface area contributed by atoms with Gasteiger partial charge in [0.25, 0.3) is 5.91 Å². The Morgan fingerprint density at radius 1 is 1.04 bits per heavy atom. The molecule has 0 saturated heterocycles. The smallest absolute Gasteiger partial charge is 0.253 e. The minimum absolute atomic E-state index is 0.172. The normalized spacial score (nSPS) is 10.4. The minimum atomic E-state index is -0.186. The molecule has 0 fully saturated rings. The fraction of sp³-hybridized carbons (Fsp3) is 0.300. The van der Waals surface area contributed by atoms with E-state index in [1.54, 1.807) is 31.4 Å². The van der Waals surface area contributed by atoms with Crippen LogP contribution < -0.4 is 15.4 Å². The summed E-state index contributed by atoms with van der Waals surface area (Å²) < 4.78 is 5.11. The zero-order chi connectivity index (χ0) is 18.2. The third-order valence-electron chi connectivity index (χ3n) is 3.64. The first kappa shape index (κ1) is 18.5. The first-order valence-electron chi connectivity index (χ1n) is 8.29. The molecule has 0 heterocycles. The second-order valence-corrected chi connectivity index (χ2v) is 6.22. The molecule has 2 N–H and O–H groups in total. The van der Waals surface area contributed by atoms with E-state index in [1.807, 2.05) is 38.1 Å². The van der Waals surface area contributed by atoms with Crippen molar-refractivity contribution in [1.82, 2.24) is 5.32 Å². The number of rotatable bonds is 7. The number of hydrogen-bond donors (Lipinski definition) is 2. The maximum atomic E-state index is 12.3. The monoisotopic (exact) mass is 340 g/mol. The number of para-hydroxylation sites is 1. The SMILES string of the molecule is COc1ccc(CC(=O)Nc2ccccc2C(=O)NCC(C)C)cc1. The van der Waals surface area contributed by atoms with Gasteiger partial charge in [0.15, 0.2) is 0 Å². The van der Waals surface area contributed by atoms with E-state index >= 15 is 0 Å². The molecule has 0 bridgehead atoms. The van der Waals surface area contributed by atoms with E-state index in [1.165, 1.54) is 0 Å². The number of carbonyl (C=O) groups excluding carboxylic acids is 2. The van der Waals surface area contributed by atoms with Crippen molar-refractivity contribution in [1.29, 1.82) is 0 Å². The molecule has 132 valence electrons. The first-order chi connectivity index (χ1) is 12.0. The summed E-state index contributed by atoms with van der Waals surface area (Å²) >= 11 is 0. The molecular formula is C20H24N2O3. The van der Waals surface area contributed by atoms with Crippen molar-refractivity contribution in [2.45, 2.75) is 20.3 Å². The number of ether oxygens (including phenoxy) is 1. The van der Waals surface area contributed by atoms with E-state index < -0.39 is 0 Å². The van der Waals surface area contributed by atoms with Gasteiger partial charge in [-0.25, -0.2) is 0 Å². The first-order valence-corrected chi connectivity index (χ1v) is 8.29. The Kier molecular flexibility index (Phi) is 6.57. The molecule has 2 amide bonds. The second kappa shape index (κ2) is 8.87. The lowest BCUT2D eigenvalue weighted by Crippen LogP contribution is -2.28. The Hall–Kier alpha value is -2.82. The van der Waals surface area contributed by atoms with Crippen molar-refractivity contribution in [2.75, 3.05) is 19.0 Å². The third kappa shape index (κ3) is 5.64. The van der Waals surface area contributed by atoms with Gasteiger partial charge in [0.1, 0.15) is 5.75 Å². The van der Waals surface area contributed by atoms with Crippen LogP contribution in [0.1, 0.15) is 29.8 Å². The lowest BCUT2D eigenvalue weighted by atomic mass is 10.1. The standard InChI is InChI=1S/C20H24N2O3/c1-14(2)13-21-20(24)17-6-4-5-7-18(17)22-19(23)12-15-8-10-16(25-3)11-9-15/h4-11,14H,12-13H2,1-3H3,(H,21,24)(H,22,23). The van der Waals surface area contributed by atoms with Gasteiger partial charge in [-0.3, -0.25) is 9.59 Å². The number of benzene rings is 2. The Morgan fingerprint density at radius 3 is 2.36 bits per heavy atom. The molecule has 0 aliphatic heterocycles. The number of carbonyl (C=O) groups is 2. The maximum Gasteiger partial charge on any atom is 0.253 e. The molecule has 0 aromatic heterocycles. The summed E-state index contributed by atoms with van der Waals surface area (Å²) in [7, 11) is 1.60. The number of anilines is 1. The highest BCUT2D eigenvalue weighted by atomic mass is 16.5. The quantitative estimate of drug-likeness (QED) is 0.813. The zero-order valence-electron chi connectivity index (χ0n) is 14.8. The van der Waals surface area contributed by atoms with Crippen molar-refractivity contribution >= 4 is 17.5 Å². The van der Waals surface area contributed by atoms with Crippen molar-refractivity contribution in [3.05, 3.63) is 59.7 Å². The van der Waals surface area contributed by atoms with E-state index in [0.29, 0.717) is 23.7 Å². The minimum Gasteiger partial charge on any atom is -0.497 e. The van der Waals surface area contributed by atoms with E-state index in [2.05, 4.69) is 10.6 Å². The molecule has 0 aliphatic rings. The second-order valence-electron chi connectivity index (χ2n) is 6.22. The Morgan fingerprint density at radius 2 is 1.72 bits per heavy atom. The van der Waals surface area contributed by atoms with Crippen molar-refractivity contribution in [3.63, 3.8) is 0 Å². The summed E-state index contributed by atoms with van der Waals surface area (Å²) in [4.78, 5) is 24.6. The Labute approximate surface area is 148 Å². The van der Waals surface area contributed by atoms with Gasteiger partial charge in [-0.2, -0.15) is 0 Å². The van der Waals surface area contributed by atoms with E-state index in [0.717, 1.165) is 11.3 Å². The molecule has 0 saturated carbocycles. The average molecular weight is 340 g/mol. The van der Waals surface area contributed by atoms with E-state index in [9.17, 15) is 9.59 Å². The average Bonchev–Trinajstić information content (AvgIpc) is 2.60. The van der Waals surface area contributed by atoms with Gasteiger partial charge in [-0.1, -0.05) is 38.1 Å². The fourth-order valence-corrected chi connectivity index (χ4v) is 2.31. The summed E-state index contributed by atoms with van der Waals surface area (Å²) in [6.07, 6.45) is 0.228. The van der Waals surface area contributed by atoms with Crippen LogP contribution in [0.25, 0.3) is 0 Å². The third-order valence-corrected chi connectivity index (χ3v) is 3.64. The molecule has 25 heavy (non-hydrogen) atoms. The lowest BCUT2D eigenvalue weighted by Gasteiger charge is -2.12. The fourth-order valence-electron chi connectivity index (χ4n) is 2.31. The molecule has 2 aromatic carbocycles. The Bertz CT molecular complexity index is 724. The van der Waals surface area contributed by atoms with Crippen molar-refractivity contribution in [3.8, 4) is 5.75 Å². The van der Waals surface area contributed by atoms with Crippen LogP contribution in [0.2, 0.25) is 0 Å².